The van der Waals surface area contributed by atoms with Crippen LogP contribution in [0.3, 0.4) is 0 Å². The molecule has 1 saturated heterocycles. The van der Waals surface area contributed by atoms with Crippen molar-refractivity contribution in [3.05, 3.63) is 40.5 Å². The number of nitrogens with zero attached hydrogens (tertiary/aromatic N) is 2. The minimum absolute atomic E-state index is 0.0253. The van der Waals surface area contributed by atoms with E-state index >= 15 is 0 Å². The van der Waals surface area contributed by atoms with Crippen molar-refractivity contribution in [1.29, 1.82) is 0 Å². The lowest BCUT2D eigenvalue weighted by atomic mass is 9.98. The van der Waals surface area contributed by atoms with Gasteiger partial charge in [0.05, 0.1) is 15.9 Å². The third-order valence-electron chi connectivity index (χ3n) is 5.92. The number of hydrogen-bond donors (Lipinski definition) is 1. The number of hydrogen-bond acceptors (Lipinski definition) is 4. The van der Waals surface area contributed by atoms with E-state index in [1.165, 1.54) is 11.3 Å². The summed E-state index contributed by atoms with van der Waals surface area (Å²) in [6, 6.07) is 7.32. The molecular weight excluding hydrogens is 415 g/mol. The van der Waals surface area contributed by atoms with E-state index in [9.17, 15) is 22.8 Å². The summed E-state index contributed by atoms with van der Waals surface area (Å²) in [5, 5.41) is 2.72. The van der Waals surface area contributed by atoms with Gasteiger partial charge in [-0.25, -0.2) is 4.98 Å². The number of fused-ring (bicyclic) bond motifs is 2. The van der Waals surface area contributed by atoms with Crippen LogP contribution in [-0.2, 0) is 4.79 Å². The maximum atomic E-state index is 13.5. The van der Waals surface area contributed by atoms with E-state index in [0.717, 1.165) is 40.3 Å². The second-order valence-corrected chi connectivity index (χ2v) is 9.20. The summed E-state index contributed by atoms with van der Waals surface area (Å²) in [7, 11) is 0. The van der Waals surface area contributed by atoms with Crippen molar-refractivity contribution >= 4 is 23.2 Å². The van der Waals surface area contributed by atoms with E-state index < -0.39 is 18.1 Å². The number of thiazole rings is 1. The molecule has 5 nitrogen and oxygen atoms in total. The molecule has 1 N–H and O–H groups in total. The van der Waals surface area contributed by atoms with E-state index in [2.05, 4.69) is 4.98 Å². The van der Waals surface area contributed by atoms with Gasteiger partial charge in [0.15, 0.2) is 0 Å². The molecule has 3 atom stereocenters. The summed E-state index contributed by atoms with van der Waals surface area (Å²) >= 11 is 1.43. The zero-order valence-electron chi connectivity index (χ0n) is 16.6. The number of carbonyl (C=O) groups is 2. The molecule has 3 unspecified atom stereocenters. The number of likely N-dealkylation sites (tertiary alicyclic amines) is 1. The first-order valence-corrected chi connectivity index (χ1v) is 10.7. The molecule has 2 bridgehead atoms. The number of alkyl halides is 3. The van der Waals surface area contributed by atoms with Crippen LogP contribution >= 0.6 is 11.3 Å². The number of carbonyl (C=O) groups excluding carboxylic acids is 2. The number of halogens is 3. The van der Waals surface area contributed by atoms with Crippen LogP contribution in [0.15, 0.2) is 24.3 Å². The summed E-state index contributed by atoms with van der Waals surface area (Å²) in [6.45, 7) is 3.60. The highest BCUT2D eigenvalue weighted by Gasteiger charge is 2.49. The Morgan fingerprint density at radius 2 is 2.03 bits per heavy atom. The van der Waals surface area contributed by atoms with Crippen LogP contribution in [0.1, 0.15) is 40.3 Å². The molecule has 2 aromatic rings. The van der Waals surface area contributed by atoms with Crippen molar-refractivity contribution in [1.82, 2.24) is 15.2 Å². The lowest BCUT2D eigenvalue weighted by molar-refractivity contribution is -0.173. The molecule has 4 rings (SSSR count). The van der Waals surface area contributed by atoms with Crippen molar-refractivity contribution in [3.8, 4) is 10.4 Å². The number of rotatable bonds is 4. The van der Waals surface area contributed by atoms with Crippen molar-refractivity contribution < 1.29 is 22.8 Å². The first kappa shape index (κ1) is 20.8. The SMILES string of the molecule is Cc1cccc(-c2sc(C)nc2C(=O)N2C3CCC(C3)C2CNC(=O)C(F)(F)F)c1. The van der Waals surface area contributed by atoms with Gasteiger partial charge in [-0.1, -0.05) is 29.8 Å². The highest BCUT2D eigenvalue weighted by molar-refractivity contribution is 7.15. The molecule has 0 spiro atoms. The fraction of sp³-hybridized carbons (Fsp3) is 0.476. The molecule has 1 aromatic carbocycles. The topological polar surface area (TPSA) is 62.3 Å². The van der Waals surface area contributed by atoms with Crippen LogP contribution in [0, 0.1) is 19.8 Å². The molecule has 1 saturated carbocycles. The average molecular weight is 437 g/mol. The first-order chi connectivity index (χ1) is 14.1. The minimum atomic E-state index is -4.93. The van der Waals surface area contributed by atoms with Gasteiger partial charge in [0.2, 0.25) is 0 Å². The third-order valence-corrected chi connectivity index (χ3v) is 6.94. The highest BCUT2D eigenvalue weighted by atomic mass is 32.1. The van der Waals surface area contributed by atoms with Crippen LogP contribution in [0.2, 0.25) is 0 Å². The first-order valence-electron chi connectivity index (χ1n) is 9.87. The summed E-state index contributed by atoms with van der Waals surface area (Å²) in [5.41, 5.74) is 2.29. The predicted octanol–water partition coefficient (Wildman–Crippen LogP) is 4.10. The molecule has 1 aromatic heterocycles. The quantitative estimate of drug-likeness (QED) is 0.784. The summed E-state index contributed by atoms with van der Waals surface area (Å²) in [5.74, 6) is -2.15. The van der Waals surface area contributed by atoms with E-state index in [-0.39, 0.29) is 24.4 Å². The van der Waals surface area contributed by atoms with Crippen LogP contribution < -0.4 is 5.32 Å². The Morgan fingerprint density at radius 1 is 1.27 bits per heavy atom. The maximum Gasteiger partial charge on any atom is 0.471 e. The van der Waals surface area contributed by atoms with E-state index in [4.69, 9.17) is 0 Å². The smallest absolute Gasteiger partial charge is 0.346 e. The van der Waals surface area contributed by atoms with Gasteiger partial charge in [-0.15, -0.1) is 11.3 Å². The Labute approximate surface area is 176 Å². The number of benzene rings is 1. The Hall–Kier alpha value is -2.42. The molecule has 1 aliphatic heterocycles. The summed E-state index contributed by atoms with van der Waals surface area (Å²) in [4.78, 5) is 31.7. The molecule has 2 aliphatic rings. The molecular formula is C21H22F3N3O2S. The van der Waals surface area contributed by atoms with Crippen molar-refractivity contribution in [3.63, 3.8) is 0 Å². The maximum absolute atomic E-state index is 13.5. The van der Waals surface area contributed by atoms with Crippen molar-refractivity contribution in [2.75, 3.05) is 6.54 Å². The molecule has 2 heterocycles. The van der Waals surface area contributed by atoms with Gasteiger partial charge in [-0.3, -0.25) is 9.59 Å². The molecule has 2 amide bonds. The summed E-state index contributed by atoms with van der Waals surface area (Å²) < 4.78 is 37.8. The molecule has 1 aliphatic carbocycles. The lowest BCUT2D eigenvalue weighted by Crippen LogP contribution is -2.52. The number of aromatic nitrogens is 1. The largest absolute Gasteiger partial charge is 0.471 e. The number of piperidine rings is 1. The normalized spacial score (nSPS) is 23.1. The van der Waals surface area contributed by atoms with Crippen LogP contribution in [0.4, 0.5) is 13.2 Å². The van der Waals surface area contributed by atoms with Crippen LogP contribution in [0.25, 0.3) is 10.4 Å². The van der Waals surface area contributed by atoms with Gasteiger partial charge in [-0.05, 0) is 44.6 Å². The Bertz CT molecular complexity index is 988. The number of amides is 2. The zero-order valence-corrected chi connectivity index (χ0v) is 17.4. The second kappa shape index (κ2) is 7.68. The molecule has 9 heteroatoms. The van der Waals surface area contributed by atoms with Gasteiger partial charge >= 0.3 is 12.1 Å². The zero-order chi connectivity index (χ0) is 21.6. The van der Waals surface area contributed by atoms with Gasteiger partial charge in [-0.2, -0.15) is 13.2 Å². The van der Waals surface area contributed by atoms with E-state index in [1.54, 1.807) is 4.90 Å². The monoisotopic (exact) mass is 437 g/mol. The summed E-state index contributed by atoms with van der Waals surface area (Å²) in [6.07, 6.45) is -2.51. The van der Waals surface area contributed by atoms with E-state index in [1.807, 2.05) is 43.4 Å². The molecule has 2 fully saturated rings. The van der Waals surface area contributed by atoms with Gasteiger partial charge in [0.25, 0.3) is 5.91 Å². The van der Waals surface area contributed by atoms with Crippen molar-refractivity contribution in [2.45, 2.75) is 51.4 Å². The highest BCUT2D eigenvalue weighted by Crippen LogP contribution is 2.44. The average Bonchev–Trinajstić information content (AvgIpc) is 3.38. The number of aryl methyl sites for hydroxylation is 2. The van der Waals surface area contributed by atoms with E-state index in [0.29, 0.717) is 5.69 Å². The predicted molar refractivity (Wildman–Crippen MR) is 107 cm³/mol. The fourth-order valence-corrected chi connectivity index (χ4v) is 5.55. The van der Waals surface area contributed by atoms with Crippen LogP contribution in [0.5, 0.6) is 0 Å². The lowest BCUT2D eigenvalue weighted by Gasteiger charge is -2.35. The molecule has 160 valence electrons. The fourth-order valence-electron chi connectivity index (χ4n) is 4.65. The van der Waals surface area contributed by atoms with Gasteiger partial charge in [0.1, 0.15) is 5.69 Å². The second-order valence-electron chi connectivity index (χ2n) is 7.99. The van der Waals surface area contributed by atoms with Gasteiger partial charge in [0, 0.05) is 12.6 Å². The third kappa shape index (κ3) is 3.82. The minimum Gasteiger partial charge on any atom is -0.346 e. The Kier molecular flexibility index (Phi) is 5.34. The van der Waals surface area contributed by atoms with Gasteiger partial charge < -0.3 is 10.2 Å². The Balaban J connectivity index is 1.61. The number of nitrogens with one attached hydrogen (secondary N) is 1. The Morgan fingerprint density at radius 3 is 2.73 bits per heavy atom. The van der Waals surface area contributed by atoms with Crippen molar-refractivity contribution in [2.24, 2.45) is 5.92 Å². The van der Waals surface area contributed by atoms with Crippen LogP contribution in [-0.4, -0.2) is 46.5 Å². The standard InChI is InChI=1S/C21H22F3N3O2S/c1-11-4-3-5-14(8-11)18-17(26-12(2)30-18)19(28)27-15-7-6-13(9-15)16(27)10-25-20(29)21(22,23)24/h3-5,8,13,15-16H,6-7,9-10H2,1-2H3,(H,25,29). The molecule has 30 heavy (non-hydrogen) atoms. The molecule has 0 radical (unpaired) electrons.